The van der Waals surface area contributed by atoms with Crippen molar-refractivity contribution in [1.29, 1.82) is 0 Å². The lowest BCUT2D eigenvalue weighted by Gasteiger charge is -2.30. The fourth-order valence-corrected chi connectivity index (χ4v) is 2.76. The first kappa shape index (κ1) is 14.3. The van der Waals surface area contributed by atoms with Crippen LogP contribution in [-0.2, 0) is 11.3 Å². The van der Waals surface area contributed by atoms with E-state index in [0.29, 0.717) is 6.61 Å². The zero-order valence-corrected chi connectivity index (χ0v) is 12.3. The second-order valence-corrected chi connectivity index (χ2v) is 5.49. The van der Waals surface area contributed by atoms with Crippen molar-refractivity contribution in [1.82, 2.24) is 4.90 Å². The van der Waals surface area contributed by atoms with Gasteiger partial charge in [-0.3, -0.25) is 0 Å². The van der Waals surface area contributed by atoms with Crippen LogP contribution in [0.3, 0.4) is 0 Å². The average molecular weight is 287 g/mol. The van der Waals surface area contributed by atoms with Gasteiger partial charge in [-0.15, -0.1) is 0 Å². The smallest absolute Gasteiger partial charge is 0.125 e. The summed E-state index contributed by atoms with van der Waals surface area (Å²) in [5.74, 6) is 0.744. The highest BCUT2D eigenvalue weighted by Crippen LogP contribution is 2.28. The Balaban J connectivity index is 1.77. The normalized spacial score (nSPS) is 19.8. The summed E-state index contributed by atoms with van der Waals surface area (Å²) in [6, 6.07) is 12.0. The fraction of sp³-hybridized carbons (Fsp3) is 0.412. The number of hydrogen-bond acceptors (Lipinski definition) is 4. The maximum absolute atomic E-state index is 9.68. The molecule has 21 heavy (non-hydrogen) atoms. The molecule has 0 radical (unpaired) electrons. The standard InChI is InChI=1S/C17H21NO3/c1-18-8-9-20-14(10-18)12-21-17-7-6-13-4-2-3-5-15(13)16(17)11-19/h2-7,14,19H,8-12H2,1H3. The van der Waals surface area contributed by atoms with Crippen LogP contribution in [-0.4, -0.2) is 49.5 Å². The number of nitrogens with zero attached hydrogens (tertiary/aromatic N) is 1. The molecule has 1 fully saturated rings. The van der Waals surface area contributed by atoms with Gasteiger partial charge in [0.2, 0.25) is 0 Å². The van der Waals surface area contributed by atoms with Crippen molar-refractivity contribution in [3.05, 3.63) is 42.0 Å². The predicted octanol–water partition coefficient (Wildman–Crippen LogP) is 2.04. The molecule has 0 spiro atoms. The molecule has 2 aromatic carbocycles. The van der Waals surface area contributed by atoms with Crippen molar-refractivity contribution in [2.45, 2.75) is 12.7 Å². The molecule has 0 saturated carbocycles. The maximum Gasteiger partial charge on any atom is 0.125 e. The number of morpholine rings is 1. The summed E-state index contributed by atoms with van der Waals surface area (Å²) < 4.78 is 11.6. The molecule has 3 rings (SSSR count). The van der Waals surface area contributed by atoms with Crippen molar-refractivity contribution in [2.24, 2.45) is 0 Å². The second kappa shape index (κ2) is 6.43. The van der Waals surface area contributed by atoms with E-state index >= 15 is 0 Å². The predicted molar refractivity (Wildman–Crippen MR) is 82.6 cm³/mol. The lowest BCUT2D eigenvalue weighted by molar-refractivity contribution is -0.0405. The van der Waals surface area contributed by atoms with Crippen LogP contribution in [0.4, 0.5) is 0 Å². The van der Waals surface area contributed by atoms with E-state index in [1.54, 1.807) is 0 Å². The van der Waals surface area contributed by atoms with E-state index in [1.807, 2.05) is 36.4 Å². The highest BCUT2D eigenvalue weighted by Gasteiger charge is 2.19. The highest BCUT2D eigenvalue weighted by molar-refractivity contribution is 5.87. The first-order chi connectivity index (χ1) is 10.3. The fourth-order valence-electron chi connectivity index (χ4n) is 2.76. The first-order valence-corrected chi connectivity index (χ1v) is 7.32. The molecule has 0 aromatic heterocycles. The van der Waals surface area contributed by atoms with Crippen LogP contribution in [0.2, 0.25) is 0 Å². The van der Waals surface area contributed by atoms with Gasteiger partial charge >= 0.3 is 0 Å². The Bertz CT molecular complexity index is 614. The topological polar surface area (TPSA) is 41.9 Å². The summed E-state index contributed by atoms with van der Waals surface area (Å²) in [5.41, 5.74) is 0.845. The average Bonchev–Trinajstić information content (AvgIpc) is 2.52. The maximum atomic E-state index is 9.68. The Morgan fingerprint density at radius 3 is 2.95 bits per heavy atom. The van der Waals surface area contributed by atoms with Crippen LogP contribution in [0.15, 0.2) is 36.4 Å². The van der Waals surface area contributed by atoms with E-state index < -0.39 is 0 Å². The quantitative estimate of drug-likeness (QED) is 0.934. The van der Waals surface area contributed by atoms with Crippen molar-refractivity contribution in [2.75, 3.05) is 33.4 Å². The number of benzene rings is 2. The summed E-state index contributed by atoms with van der Waals surface area (Å²) in [4.78, 5) is 2.24. The van der Waals surface area contributed by atoms with Gasteiger partial charge in [0, 0.05) is 18.7 Å². The van der Waals surface area contributed by atoms with Crippen LogP contribution < -0.4 is 4.74 Å². The molecule has 2 aromatic rings. The Morgan fingerprint density at radius 2 is 2.14 bits per heavy atom. The van der Waals surface area contributed by atoms with E-state index in [-0.39, 0.29) is 12.7 Å². The molecule has 1 N–H and O–H groups in total. The van der Waals surface area contributed by atoms with Crippen LogP contribution in [0, 0.1) is 0 Å². The van der Waals surface area contributed by atoms with Gasteiger partial charge in [-0.05, 0) is 23.9 Å². The molecule has 4 heteroatoms. The third-order valence-electron chi connectivity index (χ3n) is 3.92. The molecule has 0 aliphatic carbocycles. The lowest BCUT2D eigenvalue weighted by atomic mass is 10.0. The summed E-state index contributed by atoms with van der Waals surface area (Å²) in [5, 5.41) is 11.8. The molecule has 1 atom stereocenters. The number of likely N-dealkylation sites (N-methyl/N-ethyl adjacent to an activating group) is 1. The molecule has 4 nitrogen and oxygen atoms in total. The number of rotatable bonds is 4. The second-order valence-electron chi connectivity index (χ2n) is 5.49. The van der Waals surface area contributed by atoms with E-state index in [0.717, 1.165) is 41.8 Å². The molecule has 0 amide bonds. The van der Waals surface area contributed by atoms with Gasteiger partial charge < -0.3 is 19.5 Å². The van der Waals surface area contributed by atoms with Gasteiger partial charge in [-0.1, -0.05) is 30.3 Å². The number of ether oxygens (including phenoxy) is 2. The Kier molecular flexibility index (Phi) is 4.39. The highest BCUT2D eigenvalue weighted by atomic mass is 16.5. The van der Waals surface area contributed by atoms with Crippen LogP contribution >= 0.6 is 0 Å². The van der Waals surface area contributed by atoms with Gasteiger partial charge in [-0.25, -0.2) is 0 Å². The van der Waals surface area contributed by atoms with Crippen LogP contribution in [0.25, 0.3) is 10.8 Å². The lowest BCUT2D eigenvalue weighted by Crippen LogP contribution is -2.42. The molecule has 1 aliphatic rings. The van der Waals surface area contributed by atoms with E-state index in [9.17, 15) is 5.11 Å². The Hall–Kier alpha value is -1.62. The third-order valence-corrected chi connectivity index (χ3v) is 3.92. The molecule has 112 valence electrons. The van der Waals surface area contributed by atoms with Crippen molar-refractivity contribution in [3.63, 3.8) is 0 Å². The molecule has 1 unspecified atom stereocenters. The van der Waals surface area contributed by atoms with Gasteiger partial charge in [0.25, 0.3) is 0 Å². The monoisotopic (exact) mass is 287 g/mol. The van der Waals surface area contributed by atoms with E-state index in [2.05, 4.69) is 11.9 Å². The van der Waals surface area contributed by atoms with Gasteiger partial charge in [0.05, 0.1) is 13.2 Å². The third kappa shape index (κ3) is 3.18. The summed E-state index contributed by atoms with van der Waals surface area (Å²) >= 11 is 0. The first-order valence-electron chi connectivity index (χ1n) is 7.32. The number of hydrogen-bond donors (Lipinski definition) is 1. The molecular weight excluding hydrogens is 266 g/mol. The minimum atomic E-state index is -0.0257. The van der Waals surface area contributed by atoms with Crippen LogP contribution in [0.5, 0.6) is 5.75 Å². The Morgan fingerprint density at radius 1 is 1.29 bits per heavy atom. The van der Waals surface area contributed by atoms with Crippen LogP contribution in [0.1, 0.15) is 5.56 Å². The van der Waals surface area contributed by atoms with Gasteiger partial charge in [0.1, 0.15) is 18.5 Å². The van der Waals surface area contributed by atoms with E-state index in [1.165, 1.54) is 0 Å². The van der Waals surface area contributed by atoms with E-state index in [4.69, 9.17) is 9.47 Å². The molecule has 1 heterocycles. The summed E-state index contributed by atoms with van der Waals surface area (Å²) in [7, 11) is 2.09. The van der Waals surface area contributed by atoms with Crippen molar-refractivity contribution < 1.29 is 14.6 Å². The minimum Gasteiger partial charge on any atom is -0.490 e. The minimum absolute atomic E-state index is 0.0257. The number of aliphatic hydroxyl groups is 1. The van der Waals surface area contributed by atoms with Gasteiger partial charge in [0.15, 0.2) is 0 Å². The SMILES string of the molecule is CN1CCOC(COc2ccc3ccccc3c2CO)C1. The van der Waals surface area contributed by atoms with Gasteiger partial charge in [-0.2, -0.15) is 0 Å². The zero-order valence-electron chi connectivity index (χ0n) is 12.3. The van der Waals surface area contributed by atoms with Crippen molar-refractivity contribution >= 4 is 10.8 Å². The largest absolute Gasteiger partial charge is 0.490 e. The Labute approximate surface area is 124 Å². The summed E-state index contributed by atoms with van der Waals surface area (Å²) in [6.45, 7) is 3.07. The van der Waals surface area contributed by atoms with Crippen molar-refractivity contribution in [3.8, 4) is 5.75 Å². The molecule has 1 saturated heterocycles. The number of fused-ring (bicyclic) bond motifs is 1. The molecule has 0 bridgehead atoms. The zero-order chi connectivity index (χ0) is 14.7. The number of aliphatic hydroxyl groups excluding tert-OH is 1. The molecule has 1 aliphatic heterocycles. The summed E-state index contributed by atoms with van der Waals surface area (Å²) in [6.07, 6.45) is 0.0850. The molecular formula is C17H21NO3.